The van der Waals surface area contributed by atoms with Crippen molar-refractivity contribution in [2.45, 2.75) is 6.18 Å². The molecule has 2 N–H and O–H groups in total. The van der Waals surface area contributed by atoms with Gasteiger partial charge in [-0.15, -0.1) is 0 Å². The zero-order chi connectivity index (χ0) is 11.6. The lowest BCUT2D eigenvalue weighted by Gasteiger charge is -2.13. The quantitative estimate of drug-likeness (QED) is 0.732. The van der Waals surface area contributed by atoms with Crippen LogP contribution in [0.5, 0.6) is 5.75 Å². The smallest absolute Gasteiger partial charge is 0.420 e. The number of benzene rings is 1. The van der Waals surface area contributed by atoms with Gasteiger partial charge in [-0.3, -0.25) is 0 Å². The molecule has 0 spiro atoms. The van der Waals surface area contributed by atoms with Gasteiger partial charge >= 0.3 is 6.18 Å². The maximum atomic E-state index is 12.4. The maximum absolute atomic E-state index is 12.4. The van der Waals surface area contributed by atoms with E-state index in [2.05, 4.69) is 4.74 Å². The van der Waals surface area contributed by atoms with Crippen molar-refractivity contribution in [2.75, 3.05) is 12.8 Å². The molecule has 0 radical (unpaired) electrons. The number of rotatable bonds is 1. The number of methoxy groups -OCH3 is 1. The molecule has 6 heteroatoms. The van der Waals surface area contributed by atoms with Gasteiger partial charge in [-0.25, -0.2) is 0 Å². The molecular weight excluding hydrogens is 209 g/mol. The fourth-order valence-corrected chi connectivity index (χ4v) is 1.08. The summed E-state index contributed by atoms with van der Waals surface area (Å²) in [5.41, 5.74) is 4.03. The van der Waals surface area contributed by atoms with Crippen LogP contribution < -0.4 is 10.5 Å². The second kappa shape index (κ2) is 3.69. The summed E-state index contributed by atoms with van der Waals surface area (Å²) in [5, 5.41) is 8.57. The molecule has 0 aliphatic carbocycles. The van der Waals surface area contributed by atoms with Gasteiger partial charge in [-0.2, -0.15) is 18.4 Å². The second-order valence-electron chi connectivity index (χ2n) is 2.75. The Morgan fingerprint density at radius 2 is 2.00 bits per heavy atom. The highest BCUT2D eigenvalue weighted by Gasteiger charge is 2.35. The first kappa shape index (κ1) is 11.2. The summed E-state index contributed by atoms with van der Waals surface area (Å²) < 4.78 is 41.8. The predicted octanol–water partition coefficient (Wildman–Crippen LogP) is 2.17. The van der Waals surface area contributed by atoms with Crippen molar-refractivity contribution < 1.29 is 17.9 Å². The molecule has 15 heavy (non-hydrogen) atoms. The third-order valence-electron chi connectivity index (χ3n) is 1.80. The highest BCUT2D eigenvalue weighted by molar-refractivity contribution is 5.60. The first-order chi connectivity index (χ1) is 6.90. The first-order valence-electron chi connectivity index (χ1n) is 3.85. The number of hydrogen-bond donors (Lipinski definition) is 1. The number of nitriles is 1. The minimum atomic E-state index is -4.55. The Morgan fingerprint density at radius 3 is 2.40 bits per heavy atom. The zero-order valence-corrected chi connectivity index (χ0v) is 7.72. The van der Waals surface area contributed by atoms with Gasteiger partial charge in [0.05, 0.1) is 23.9 Å². The van der Waals surface area contributed by atoms with Crippen LogP contribution in [0.4, 0.5) is 18.9 Å². The average Bonchev–Trinajstić information content (AvgIpc) is 2.16. The SMILES string of the molecule is COc1cc(C#N)c(N)cc1C(F)(F)F. The number of anilines is 1. The summed E-state index contributed by atoms with van der Waals surface area (Å²) in [6, 6.07) is 3.34. The molecular formula is C9H7F3N2O. The number of hydrogen-bond acceptors (Lipinski definition) is 3. The molecule has 0 fully saturated rings. The molecule has 0 saturated heterocycles. The molecule has 0 saturated carbocycles. The third-order valence-corrected chi connectivity index (χ3v) is 1.80. The Balaban J connectivity index is 3.42. The van der Waals surface area contributed by atoms with Crippen molar-refractivity contribution in [3.8, 4) is 11.8 Å². The number of nitrogen functional groups attached to an aromatic ring is 1. The number of halogens is 3. The fourth-order valence-electron chi connectivity index (χ4n) is 1.08. The Kier molecular flexibility index (Phi) is 2.75. The maximum Gasteiger partial charge on any atom is 0.420 e. The van der Waals surface area contributed by atoms with Gasteiger partial charge in [0.15, 0.2) is 0 Å². The van der Waals surface area contributed by atoms with Crippen molar-refractivity contribution in [3.63, 3.8) is 0 Å². The molecule has 0 aliphatic rings. The summed E-state index contributed by atoms with van der Waals surface area (Å²) in [6.07, 6.45) is -4.55. The van der Waals surface area contributed by atoms with E-state index in [1.54, 1.807) is 6.07 Å². The first-order valence-corrected chi connectivity index (χ1v) is 3.85. The van der Waals surface area contributed by atoms with Crippen LogP contribution in [0.25, 0.3) is 0 Å². The van der Waals surface area contributed by atoms with Gasteiger partial charge in [0.2, 0.25) is 0 Å². The number of nitrogens with zero attached hydrogens (tertiary/aromatic N) is 1. The van der Waals surface area contributed by atoms with Crippen LogP contribution in [0.1, 0.15) is 11.1 Å². The molecule has 0 unspecified atom stereocenters. The fraction of sp³-hybridized carbons (Fsp3) is 0.222. The summed E-state index contributed by atoms with van der Waals surface area (Å²) in [5.74, 6) is -0.409. The Hall–Kier alpha value is -1.90. The standard InChI is InChI=1S/C9H7F3N2O/c1-15-8-2-5(4-13)7(14)3-6(8)9(10,11)12/h2-3H,14H2,1H3. The van der Waals surface area contributed by atoms with Crippen LogP contribution in [0, 0.1) is 11.3 Å². The zero-order valence-electron chi connectivity index (χ0n) is 7.72. The van der Waals surface area contributed by atoms with Gasteiger partial charge in [-0.1, -0.05) is 0 Å². The molecule has 1 rings (SSSR count). The van der Waals surface area contributed by atoms with Crippen LogP contribution >= 0.6 is 0 Å². The number of alkyl halides is 3. The molecule has 0 aromatic heterocycles. The van der Waals surface area contributed by atoms with E-state index >= 15 is 0 Å². The summed E-state index contributed by atoms with van der Waals surface area (Å²) in [6.45, 7) is 0. The molecule has 0 bridgehead atoms. The summed E-state index contributed by atoms with van der Waals surface area (Å²) in [4.78, 5) is 0. The van der Waals surface area contributed by atoms with Gasteiger partial charge in [-0.05, 0) is 6.07 Å². The lowest BCUT2D eigenvalue weighted by atomic mass is 10.1. The number of ether oxygens (including phenoxy) is 1. The molecule has 3 nitrogen and oxygen atoms in total. The molecule has 0 heterocycles. The highest BCUT2D eigenvalue weighted by Crippen LogP contribution is 2.38. The normalized spacial score (nSPS) is 10.9. The van der Waals surface area contributed by atoms with E-state index in [-0.39, 0.29) is 11.3 Å². The molecule has 1 aromatic carbocycles. The van der Waals surface area contributed by atoms with Crippen molar-refractivity contribution in [2.24, 2.45) is 0 Å². The van der Waals surface area contributed by atoms with E-state index in [0.29, 0.717) is 6.07 Å². The topological polar surface area (TPSA) is 59.0 Å². The monoisotopic (exact) mass is 216 g/mol. The molecule has 0 amide bonds. The Morgan fingerprint density at radius 1 is 1.40 bits per heavy atom. The lowest BCUT2D eigenvalue weighted by molar-refractivity contribution is -0.138. The predicted molar refractivity (Wildman–Crippen MR) is 47.1 cm³/mol. The molecule has 80 valence electrons. The van der Waals surface area contributed by atoms with Crippen molar-refractivity contribution in [1.29, 1.82) is 5.26 Å². The van der Waals surface area contributed by atoms with Crippen LogP contribution in [0.2, 0.25) is 0 Å². The van der Waals surface area contributed by atoms with Gasteiger partial charge in [0.1, 0.15) is 11.8 Å². The highest BCUT2D eigenvalue weighted by atomic mass is 19.4. The van der Waals surface area contributed by atoms with E-state index in [1.165, 1.54) is 0 Å². The number of nitrogens with two attached hydrogens (primary N) is 1. The second-order valence-corrected chi connectivity index (χ2v) is 2.75. The third kappa shape index (κ3) is 2.13. The average molecular weight is 216 g/mol. The van der Waals surface area contributed by atoms with Gasteiger partial charge in [0.25, 0.3) is 0 Å². The van der Waals surface area contributed by atoms with E-state index in [4.69, 9.17) is 11.0 Å². The summed E-state index contributed by atoms with van der Waals surface area (Å²) >= 11 is 0. The van der Waals surface area contributed by atoms with E-state index < -0.39 is 17.5 Å². The minimum Gasteiger partial charge on any atom is -0.496 e. The molecule has 1 aromatic rings. The van der Waals surface area contributed by atoms with Crippen molar-refractivity contribution in [3.05, 3.63) is 23.3 Å². The van der Waals surface area contributed by atoms with Crippen LogP contribution in [-0.2, 0) is 6.18 Å². The van der Waals surface area contributed by atoms with Crippen LogP contribution in [0.15, 0.2) is 12.1 Å². The minimum absolute atomic E-state index is 0.0418. The largest absolute Gasteiger partial charge is 0.496 e. The summed E-state index contributed by atoms with van der Waals surface area (Å²) in [7, 11) is 1.10. The van der Waals surface area contributed by atoms with Crippen molar-refractivity contribution in [1.82, 2.24) is 0 Å². The van der Waals surface area contributed by atoms with Crippen LogP contribution in [-0.4, -0.2) is 7.11 Å². The van der Waals surface area contributed by atoms with Gasteiger partial charge < -0.3 is 10.5 Å². The van der Waals surface area contributed by atoms with E-state index in [0.717, 1.165) is 13.2 Å². The Bertz CT molecular complexity index is 421. The van der Waals surface area contributed by atoms with Crippen LogP contribution in [0.3, 0.4) is 0 Å². The Labute approximate surface area is 83.9 Å². The van der Waals surface area contributed by atoms with E-state index in [9.17, 15) is 13.2 Å². The van der Waals surface area contributed by atoms with Gasteiger partial charge in [0, 0.05) is 6.07 Å². The van der Waals surface area contributed by atoms with E-state index in [1.807, 2.05) is 0 Å². The van der Waals surface area contributed by atoms with Crippen molar-refractivity contribution >= 4 is 5.69 Å². The molecule has 0 aliphatic heterocycles. The lowest BCUT2D eigenvalue weighted by Crippen LogP contribution is -2.09. The molecule has 0 atom stereocenters.